The van der Waals surface area contributed by atoms with Gasteiger partial charge in [0.1, 0.15) is 11.7 Å². The molecule has 3 unspecified atom stereocenters. The molecule has 0 aliphatic heterocycles. The van der Waals surface area contributed by atoms with E-state index in [0.717, 1.165) is 32.1 Å². The van der Waals surface area contributed by atoms with E-state index in [2.05, 4.69) is 13.8 Å². The lowest BCUT2D eigenvalue weighted by Gasteiger charge is -2.17. The number of hydrogen-bond donors (Lipinski definition) is 0. The fourth-order valence-corrected chi connectivity index (χ4v) is 2.68. The Labute approximate surface area is 104 Å². The van der Waals surface area contributed by atoms with Gasteiger partial charge < -0.3 is 4.74 Å². The van der Waals surface area contributed by atoms with Crippen LogP contribution in [0.25, 0.3) is 0 Å². The molecule has 1 aliphatic carbocycles. The molecular formula is C14H24O3. The van der Waals surface area contributed by atoms with Crippen LogP contribution in [0.3, 0.4) is 0 Å². The van der Waals surface area contributed by atoms with Gasteiger partial charge in [-0.1, -0.05) is 26.7 Å². The second kappa shape index (κ2) is 6.77. The van der Waals surface area contributed by atoms with Gasteiger partial charge in [0.25, 0.3) is 0 Å². The van der Waals surface area contributed by atoms with E-state index in [1.165, 1.54) is 7.11 Å². The molecule has 1 rings (SSSR count). The fraction of sp³-hybridized carbons (Fsp3) is 0.857. The van der Waals surface area contributed by atoms with Crippen LogP contribution in [0.5, 0.6) is 0 Å². The number of carbonyl (C=O) groups is 2. The minimum absolute atomic E-state index is 0.0888. The zero-order valence-corrected chi connectivity index (χ0v) is 11.2. The maximum absolute atomic E-state index is 12.3. The number of ketones is 1. The van der Waals surface area contributed by atoms with Crippen molar-refractivity contribution in [1.82, 2.24) is 0 Å². The molecule has 98 valence electrons. The van der Waals surface area contributed by atoms with Crippen molar-refractivity contribution in [2.45, 2.75) is 52.4 Å². The second-order valence-electron chi connectivity index (χ2n) is 5.24. The number of carbonyl (C=O) groups excluding carboxylic acids is 2. The molecule has 0 amide bonds. The van der Waals surface area contributed by atoms with Gasteiger partial charge in [-0.25, -0.2) is 0 Å². The van der Waals surface area contributed by atoms with Crippen molar-refractivity contribution < 1.29 is 14.3 Å². The van der Waals surface area contributed by atoms with E-state index in [4.69, 9.17) is 4.74 Å². The monoisotopic (exact) mass is 240 g/mol. The molecule has 0 bridgehead atoms. The predicted molar refractivity (Wildman–Crippen MR) is 66.5 cm³/mol. The maximum Gasteiger partial charge on any atom is 0.316 e. The summed E-state index contributed by atoms with van der Waals surface area (Å²) in [5.74, 6) is -0.0349. The number of Topliss-reactive ketones (excluding diaryl/α,β-unsaturated/α-hetero) is 1. The number of methoxy groups -OCH3 is 1. The van der Waals surface area contributed by atoms with Gasteiger partial charge in [-0.05, 0) is 31.6 Å². The Bertz CT molecular complexity index is 273. The van der Waals surface area contributed by atoms with Crippen LogP contribution in [-0.2, 0) is 14.3 Å². The number of unbranched alkanes of at least 4 members (excludes halogenated alkanes) is 1. The van der Waals surface area contributed by atoms with Crippen molar-refractivity contribution in [2.75, 3.05) is 7.11 Å². The van der Waals surface area contributed by atoms with E-state index in [-0.39, 0.29) is 17.7 Å². The van der Waals surface area contributed by atoms with Crippen LogP contribution in [0.15, 0.2) is 0 Å². The van der Waals surface area contributed by atoms with E-state index < -0.39 is 5.92 Å². The summed E-state index contributed by atoms with van der Waals surface area (Å²) in [6.45, 7) is 4.24. The molecule has 1 aliphatic rings. The van der Waals surface area contributed by atoms with E-state index >= 15 is 0 Å². The Kier molecular flexibility index (Phi) is 5.66. The Morgan fingerprint density at radius 3 is 2.53 bits per heavy atom. The molecule has 0 aromatic heterocycles. The van der Waals surface area contributed by atoms with Crippen molar-refractivity contribution in [3.05, 3.63) is 0 Å². The topological polar surface area (TPSA) is 43.4 Å². The smallest absolute Gasteiger partial charge is 0.316 e. The maximum atomic E-state index is 12.3. The van der Waals surface area contributed by atoms with Crippen molar-refractivity contribution in [1.29, 1.82) is 0 Å². The molecule has 0 heterocycles. The number of hydrogen-bond acceptors (Lipinski definition) is 3. The summed E-state index contributed by atoms with van der Waals surface area (Å²) in [6.07, 6.45) is 5.55. The van der Waals surface area contributed by atoms with Crippen LogP contribution in [0.1, 0.15) is 52.4 Å². The van der Waals surface area contributed by atoms with Crippen molar-refractivity contribution in [3.8, 4) is 0 Å². The Morgan fingerprint density at radius 1 is 1.35 bits per heavy atom. The highest BCUT2D eigenvalue weighted by atomic mass is 16.5. The minimum atomic E-state index is -0.518. The summed E-state index contributed by atoms with van der Waals surface area (Å²) in [5.41, 5.74) is 0. The molecule has 0 saturated heterocycles. The largest absolute Gasteiger partial charge is 0.468 e. The summed E-state index contributed by atoms with van der Waals surface area (Å²) >= 11 is 0. The Balaban J connectivity index is 2.61. The lowest BCUT2D eigenvalue weighted by molar-refractivity contribution is -0.150. The SMILES string of the molecule is CCCCC(C(=O)OC)C(=O)C1CCC(C)C1. The molecule has 17 heavy (non-hydrogen) atoms. The van der Waals surface area contributed by atoms with E-state index in [1.807, 2.05) is 0 Å². The number of ether oxygens (including phenoxy) is 1. The van der Waals surface area contributed by atoms with Crippen molar-refractivity contribution in [3.63, 3.8) is 0 Å². The third kappa shape index (κ3) is 3.83. The van der Waals surface area contributed by atoms with Crippen LogP contribution in [0.2, 0.25) is 0 Å². The molecule has 3 heteroatoms. The quantitative estimate of drug-likeness (QED) is 0.529. The van der Waals surface area contributed by atoms with Crippen molar-refractivity contribution >= 4 is 11.8 Å². The summed E-state index contributed by atoms with van der Waals surface area (Å²) < 4.78 is 4.76. The first-order valence-corrected chi connectivity index (χ1v) is 6.71. The zero-order chi connectivity index (χ0) is 12.8. The van der Waals surface area contributed by atoms with E-state index in [0.29, 0.717) is 12.3 Å². The average Bonchev–Trinajstić information content (AvgIpc) is 2.75. The lowest BCUT2D eigenvalue weighted by atomic mass is 9.87. The molecule has 0 N–H and O–H groups in total. The van der Waals surface area contributed by atoms with Gasteiger partial charge in [0.05, 0.1) is 7.11 Å². The van der Waals surface area contributed by atoms with Gasteiger partial charge in [0.15, 0.2) is 0 Å². The number of rotatable bonds is 6. The standard InChI is InChI=1S/C14H24O3/c1-4-5-6-12(14(16)17-3)13(15)11-8-7-10(2)9-11/h10-12H,4-9H2,1-3H3. The molecule has 0 aromatic rings. The summed E-state index contributed by atoms with van der Waals surface area (Å²) in [6, 6.07) is 0. The Morgan fingerprint density at radius 2 is 2.06 bits per heavy atom. The van der Waals surface area contributed by atoms with Gasteiger partial charge in [-0.2, -0.15) is 0 Å². The van der Waals surface area contributed by atoms with Gasteiger partial charge >= 0.3 is 5.97 Å². The van der Waals surface area contributed by atoms with Crippen LogP contribution in [0.4, 0.5) is 0 Å². The van der Waals surface area contributed by atoms with Crippen LogP contribution in [-0.4, -0.2) is 18.9 Å². The molecule has 0 spiro atoms. The van der Waals surface area contributed by atoms with Crippen LogP contribution < -0.4 is 0 Å². The van der Waals surface area contributed by atoms with Crippen LogP contribution >= 0.6 is 0 Å². The fourth-order valence-electron chi connectivity index (χ4n) is 2.68. The highest BCUT2D eigenvalue weighted by molar-refractivity contribution is 6.00. The van der Waals surface area contributed by atoms with E-state index in [9.17, 15) is 9.59 Å². The normalized spacial score (nSPS) is 25.6. The average molecular weight is 240 g/mol. The summed E-state index contributed by atoms with van der Waals surface area (Å²) in [7, 11) is 1.37. The molecule has 1 fully saturated rings. The first-order valence-electron chi connectivity index (χ1n) is 6.71. The molecule has 3 atom stereocenters. The predicted octanol–water partition coefficient (Wildman–Crippen LogP) is 2.97. The number of esters is 1. The first-order chi connectivity index (χ1) is 8.10. The van der Waals surface area contributed by atoms with Gasteiger partial charge in [-0.3, -0.25) is 9.59 Å². The minimum Gasteiger partial charge on any atom is -0.468 e. The lowest BCUT2D eigenvalue weighted by Crippen LogP contribution is -2.30. The third-order valence-corrected chi connectivity index (χ3v) is 3.77. The molecule has 1 saturated carbocycles. The van der Waals surface area contributed by atoms with Crippen LogP contribution in [0, 0.1) is 17.8 Å². The highest BCUT2D eigenvalue weighted by Gasteiger charge is 2.35. The van der Waals surface area contributed by atoms with E-state index in [1.54, 1.807) is 0 Å². The molecular weight excluding hydrogens is 216 g/mol. The molecule has 0 radical (unpaired) electrons. The first kappa shape index (κ1) is 14.2. The zero-order valence-electron chi connectivity index (χ0n) is 11.2. The third-order valence-electron chi connectivity index (χ3n) is 3.77. The molecule has 0 aromatic carbocycles. The van der Waals surface area contributed by atoms with Gasteiger partial charge in [-0.15, -0.1) is 0 Å². The highest BCUT2D eigenvalue weighted by Crippen LogP contribution is 2.33. The molecule has 3 nitrogen and oxygen atoms in total. The van der Waals surface area contributed by atoms with Gasteiger partial charge in [0.2, 0.25) is 0 Å². The summed E-state index contributed by atoms with van der Waals surface area (Å²) in [5, 5.41) is 0. The van der Waals surface area contributed by atoms with Crippen molar-refractivity contribution in [2.24, 2.45) is 17.8 Å². The second-order valence-corrected chi connectivity index (χ2v) is 5.24. The summed E-state index contributed by atoms with van der Waals surface area (Å²) in [4.78, 5) is 24.0. The Hall–Kier alpha value is -0.860. The van der Waals surface area contributed by atoms with Gasteiger partial charge in [0, 0.05) is 5.92 Å².